The van der Waals surface area contributed by atoms with Crippen LogP contribution in [0.2, 0.25) is 0 Å². The van der Waals surface area contributed by atoms with Crippen molar-refractivity contribution >= 4 is 5.78 Å². The second-order valence-corrected chi connectivity index (χ2v) is 4.03. The van der Waals surface area contributed by atoms with Crippen LogP contribution in [0.4, 0.5) is 0 Å². The summed E-state index contributed by atoms with van der Waals surface area (Å²) in [5.74, 6) is 1.07. The van der Waals surface area contributed by atoms with Gasteiger partial charge in [-0.3, -0.25) is 0 Å². The van der Waals surface area contributed by atoms with Crippen LogP contribution in [0.15, 0.2) is 0 Å². The second-order valence-electron chi connectivity index (χ2n) is 4.03. The summed E-state index contributed by atoms with van der Waals surface area (Å²) in [6.45, 7) is 3.31. The van der Waals surface area contributed by atoms with E-state index >= 15 is 0 Å². The third kappa shape index (κ3) is 5.04. The molecule has 13 heavy (non-hydrogen) atoms. The van der Waals surface area contributed by atoms with Gasteiger partial charge >= 0.3 is 0 Å². The van der Waals surface area contributed by atoms with Gasteiger partial charge < -0.3 is 9.53 Å². The van der Waals surface area contributed by atoms with Crippen LogP contribution in [-0.4, -0.2) is 19.0 Å². The zero-order chi connectivity index (χ0) is 9.52. The summed E-state index contributed by atoms with van der Waals surface area (Å²) in [6, 6.07) is 0. The Morgan fingerprint density at radius 2 is 2.08 bits per heavy atom. The van der Waals surface area contributed by atoms with E-state index in [2.05, 4.69) is 0 Å². The smallest absolute Gasteiger partial charge is 0.129 e. The number of rotatable bonds is 6. The Labute approximate surface area is 80.7 Å². The molecule has 0 saturated heterocycles. The van der Waals surface area contributed by atoms with E-state index in [1.54, 1.807) is 6.92 Å². The van der Waals surface area contributed by atoms with E-state index < -0.39 is 0 Å². The van der Waals surface area contributed by atoms with Gasteiger partial charge in [-0.15, -0.1) is 0 Å². The number of ketones is 1. The minimum atomic E-state index is 0.268. The molecule has 1 aliphatic rings. The third-order valence-electron chi connectivity index (χ3n) is 2.65. The maximum absolute atomic E-state index is 10.6. The Hall–Kier alpha value is -0.370. The lowest BCUT2D eigenvalue weighted by molar-refractivity contribution is -0.117. The lowest BCUT2D eigenvalue weighted by Gasteiger charge is -2.08. The van der Waals surface area contributed by atoms with Crippen LogP contribution < -0.4 is 0 Å². The predicted molar refractivity (Wildman–Crippen MR) is 52.7 cm³/mol. The normalized spacial score (nSPS) is 17.9. The molecule has 1 saturated carbocycles. The number of ether oxygens (including phenoxy) is 1. The number of hydrogen-bond acceptors (Lipinski definition) is 2. The van der Waals surface area contributed by atoms with Crippen molar-refractivity contribution in [3.63, 3.8) is 0 Å². The lowest BCUT2D eigenvalue weighted by Crippen LogP contribution is -2.07. The van der Waals surface area contributed by atoms with E-state index in [0.29, 0.717) is 6.42 Å². The molecule has 0 radical (unpaired) electrons. The molecule has 0 aromatic heterocycles. The summed E-state index contributed by atoms with van der Waals surface area (Å²) < 4.78 is 5.52. The fourth-order valence-electron chi connectivity index (χ4n) is 1.85. The highest BCUT2D eigenvalue weighted by Gasteiger charge is 2.14. The van der Waals surface area contributed by atoms with Gasteiger partial charge in [0.1, 0.15) is 5.78 Å². The first-order chi connectivity index (χ1) is 6.29. The number of Topliss-reactive ketones (excluding diaryl/α,β-unsaturated/α-hetero) is 1. The first-order valence-electron chi connectivity index (χ1n) is 5.36. The molecular weight excluding hydrogens is 164 g/mol. The molecule has 1 rings (SSSR count). The zero-order valence-corrected chi connectivity index (χ0v) is 8.55. The van der Waals surface area contributed by atoms with Gasteiger partial charge in [-0.2, -0.15) is 0 Å². The summed E-state index contributed by atoms with van der Waals surface area (Å²) in [4.78, 5) is 10.6. The van der Waals surface area contributed by atoms with E-state index in [1.165, 1.54) is 25.7 Å². The van der Waals surface area contributed by atoms with Crippen molar-refractivity contribution in [3.05, 3.63) is 0 Å². The van der Waals surface area contributed by atoms with Gasteiger partial charge in [0, 0.05) is 19.6 Å². The Balaban J connectivity index is 1.86. The minimum absolute atomic E-state index is 0.268. The van der Waals surface area contributed by atoms with Crippen LogP contribution >= 0.6 is 0 Å². The van der Waals surface area contributed by atoms with Crippen molar-refractivity contribution < 1.29 is 9.53 Å². The lowest BCUT2D eigenvalue weighted by atomic mass is 10.1. The topological polar surface area (TPSA) is 26.3 Å². The van der Waals surface area contributed by atoms with Gasteiger partial charge in [0.15, 0.2) is 0 Å². The summed E-state index contributed by atoms with van der Waals surface area (Å²) in [6.07, 6.45) is 7.00. The van der Waals surface area contributed by atoms with Crippen LogP contribution in [0.25, 0.3) is 0 Å². The fraction of sp³-hybridized carbons (Fsp3) is 0.909. The quantitative estimate of drug-likeness (QED) is 0.593. The molecule has 0 bridgehead atoms. The predicted octanol–water partition coefficient (Wildman–Crippen LogP) is 2.56. The Kier molecular flexibility index (Phi) is 5.06. The zero-order valence-electron chi connectivity index (χ0n) is 8.55. The van der Waals surface area contributed by atoms with E-state index in [0.717, 1.165) is 25.6 Å². The molecule has 0 amide bonds. The van der Waals surface area contributed by atoms with E-state index in [1.807, 2.05) is 0 Å². The van der Waals surface area contributed by atoms with Gasteiger partial charge in [0.2, 0.25) is 0 Å². The van der Waals surface area contributed by atoms with Crippen molar-refractivity contribution in [2.75, 3.05) is 13.2 Å². The van der Waals surface area contributed by atoms with Gasteiger partial charge in [-0.25, -0.2) is 0 Å². The molecule has 0 N–H and O–H groups in total. The van der Waals surface area contributed by atoms with Crippen LogP contribution in [0.3, 0.4) is 0 Å². The molecule has 0 unspecified atom stereocenters. The van der Waals surface area contributed by atoms with Crippen molar-refractivity contribution in [3.8, 4) is 0 Å². The monoisotopic (exact) mass is 184 g/mol. The van der Waals surface area contributed by atoms with E-state index in [9.17, 15) is 4.79 Å². The van der Waals surface area contributed by atoms with Gasteiger partial charge in [0.05, 0.1) is 0 Å². The molecule has 0 spiro atoms. The Morgan fingerprint density at radius 1 is 1.38 bits per heavy atom. The van der Waals surface area contributed by atoms with Crippen LogP contribution in [0.1, 0.15) is 45.4 Å². The maximum atomic E-state index is 10.6. The summed E-state index contributed by atoms with van der Waals surface area (Å²) in [5, 5.41) is 0. The molecule has 2 heteroatoms. The van der Waals surface area contributed by atoms with E-state index in [-0.39, 0.29) is 5.78 Å². The second kappa shape index (κ2) is 6.14. The molecule has 0 atom stereocenters. The SMILES string of the molecule is CC(=O)CCCOCC1CCCC1. The third-order valence-corrected chi connectivity index (χ3v) is 2.65. The fourth-order valence-corrected chi connectivity index (χ4v) is 1.85. The van der Waals surface area contributed by atoms with Crippen LogP contribution in [-0.2, 0) is 9.53 Å². The summed E-state index contributed by atoms with van der Waals surface area (Å²) in [7, 11) is 0. The highest BCUT2D eigenvalue weighted by atomic mass is 16.5. The molecule has 0 aromatic carbocycles. The highest BCUT2D eigenvalue weighted by molar-refractivity contribution is 5.75. The largest absolute Gasteiger partial charge is 0.381 e. The molecule has 1 fully saturated rings. The number of carbonyl (C=O) groups is 1. The van der Waals surface area contributed by atoms with Crippen LogP contribution in [0.5, 0.6) is 0 Å². The molecule has 0 aliphatic heterocycles. The summed E-state index contributed by atoms with van der Waals surface area (Å²) >= 11 is 0. The highest BCUT2D eigenvalue weighted by Crippen LogP contribution is 2.24. The standard InChI is InChI=1S/C11H20O2/c1-10(12)5-4-8-13-9-11-6-2-3-7-11/h11H,2-9H2,1H3. The van der Waals surface area contributed by atoms with Gasteiger partial charge in [-0.05, 0) is 32.1 Å². The molecule has 0 heterocycles. The maximum Gasteiger partial charge on any atom is 0.129 e. The molecule has 76 valence electrons. The van der Waals surface area contributed by atoms with Crippen molar-refractivity contribution in [1.82, 2.24) is 0 Å². The molecule has 0 aromatic rings. The number of hydrogen-bond donors (Lipinski definition) is 0. The Morgan fingerprint density at radius 3 is 2.69 bits per heavy atom. The average molecular weight is 184 g/mol. The van der Waals surface area contributed by atoms with Crippen LogP contribution in [0, 0.1) is 5.92 Å². The van der Waals surface area contributed by atoms with Crippen molar-refractivity contribution in [1.29, 1.82) is 0 Å². The minimum Gasteiger partial charge on any atom is -0.381 e. The summed E-state index contributed by atoms with van der Waals surface area (Å²) in [5.41, 5.74) is 0. The van der Waals surface area contributed by atoms with Crippen molar-refractivity contribution in [2.24, 2.45) is 5.92 Å². The van der Waals surface area contributed by atoms with Crippen molar-refractivity contribution in [2.45, 2.75) is 45.4 Å². The number of carbonyl (C=O) groups excluding carboxylic acids is 1. The Bertz CT molecular complexity index is 148. The van der Waals surface area contributed by atoms with Gasteiger partial charge in [0.25, 0.3) is 0 Å². The molecule has 2 nitrogen and oxygen atoms in total. The molecule has 1 aliphatic carbocycles. The first-order valence-corrected chi connectivity index (χ1v) is 5.36. The van der Waals surface area contributed by atoms with Gasteiger partial charge in [-0.1, -0.05) is 12.8 Å². The average Bonchev–Trinajstić information content (AvgIpc) is 2.55. The van der Waals surface area contributed by atoms with E-state index in [4.69, 9.17) is 4.74 Å². The first kappa shape index (κ1) is 10.7. The molecular formula is C11H20O2.